The molecule has 0 aliphatic carbocycles. The van der Waals surface area contributed by atoms with Gasteiger partial charge in [0.2, 0.25) is 15.9 Å². The molecule has 0 unspecified atom stereocenters. The lowest BCUT2D eigenvalue weighted by Gasteiger charge is -2.31. The van der Waals surface area contributed by atoms with Crippen LogP contribution in [-0.2, 0) is 21.4 Å². The van der Waals surface area contributed by atoms with E-state index in [1.54, 1.807) is 24.3 Å². The number of rotatable bonds is 9. The van der Waals surface area contributed by atoms with E-state index in [1.807, 2.05) is 18.2 Å². The number of hydrogen-bond donors (Lipinski definition) is 1. The van der Waals surface area contributed by atoms with Gasteiger partial charge in [-0.05, 0) is 75.2 Å². The second kappa shape index (κ2) is 11.9. The molecule has 2 aromatic carbocycles. The van der Waals surface area contributed by atoms with Crippen LogP contribution in [0.5, 0.6) is 5.75 Å². The molecular weight excluding hydrogens is 509 g/mol. The van der Waals surface area contributed by atoms with Crippen LogP contribution in [0.4, 0.5) is 0 Å². The van der Waals surface area contributed by atoms with Gasteiger partial charge in [-0.15, -0.1) is 0 Å². The van der Waals surface area contributed by atoms with Crippen molar-refractivity contribution in [2.45, 2.75) is 37.1 Å². The van der Waals surface area contributed by atoms with Crippen molar-refractivity contribution in [3.05, 3.63) is 58.1 Å². The Hall–Kier alpha value is -1.84. The maximum atomic E-state index is 12.6. The van der Waals surface area contributed by atoms with Crippen molar-refractivity contribution in [2.75, 3.05) is 39.3 Å². The van der Waals surface area contributed by atoms with Crippen molar-refractivity contribution in [2.24, 2.45) is 5.92 Å². The van der Waals surface area contributed by atoms with Gasteiger partial charge in [-0.25, -0.2) is 8.42 Å². The van der Waals surface area contributed by atoms with Gasteiger partial charge in [0.05, 0.1) is 11.4 Å². The van der Waals surface area contributed by atoms with E-state index in [-0.39, 0.29) is 16.7 Å². The van der Waals surface area contributed by atoms with Crippen LogP contribution in [-0.4, -0.2) is 62.9 Å². The number of nitrogens with zero attached hydrogens (tertiary/aromatic N) is 2. The smallest absolute Gasteiger partial charge is 0.243 e. The predicted molar refractivity (Wildman–Crippen MR) is 137 cm³/mol. The van der Waals surface area contributed by atoms with E-state index < -0.39 is 10.0 Å². The molecule has 35 heavy (non-hydrogen) atoms. The van der Waals surface area contributed by atoms with Gasteiger partial charge in [-0.1, -0.05) is 29.3 Å². The van der Waals surface area contributed by atoms with E-state index >= 15 is 0 Å². The van der Waals surface area contributed by atoms with Crippen molar-refractivity contribution in [1.82, 2.24) is 14.5 Å². The molecule has 2 aromatic rings. The highest BCUT2D eigenvalue weighted by atomic mass is 35.5. The third-order valence-electron chi connectivity index (χ3n) is 6.60. The standard InChI is InChI=1S/C25H31Cl2N3O4S/c26-23-4-3-5-24(27)22(23)18-29-15-10-19(11-16-29)25(31)28-12-17-34-20-6-8-21(9-7-20)35(32,33)30-13-1-2-14-30/h3-9,19H,1-2,10-18H2,(H,28,31). The number of piperidine rings is 1. The number of nitrogens with one attached hydrogen (secondary N) is 1. The van der Waals surface area contributed by atoms with Crippen LogP contribution in [0.3, 0.4) is 0 Å². The minimum absolute atomic E-state index is 0.0250. The normalized spacial score (nSPS) is 18.0. The number of carbonyl (C=O) groups excluding carboxylic acids is 1. The Kier molecular flexibility index (Phi) is 8.94. The Morgan fingerprint density at radius 1 is 0.971 bits per heavy atom. The van der Waals surface area contributed by atoms with E-state index in [4.69, 9.17) is 27.9 Å². The first-order valence-corrected chi connectivity index (χ1v) is 14.2. The number of sulfonamides is 1. The van der Waals surface area contributed by atoms with Crippen LogP contribution < -0.4 is 10.1 Å². The third kappa shape index (κ3) is 6.68. The van der Waals surface area contributed by atoms with Crippen LogP contribution in [0.1, 0.15) is 31.2 Å². The molecule has 0 bridgehead atoms. The Bertz CT molecular complexity index is 1090. The zero-order valence-electron chi connectivity index (χ0n) is 19.6. The minimum atomic E-state index is -3.43. The molecule has 2 fully saturated rings. The van der Waals surface area contributed by atoms with E-state index in [1.165, 1.54) is 4.31 Å². The fourth-order valence-electron chi connectivity index (χ4n) is 4.53. The third-order valence-corrected chi connectivity index (χ3v) is 9.22. The lowest BCUT2D eigenvalue weighted by molar-refractivity contribution is -0.126. The van der Waals surface area contributed by atoms with Crippen molar-refractivity contribution >= 4 is 39.1 Å². The molecule has 7 nitrogen and oxygen atoms in total. The summed E-state index contributed by atoms with van der Waals surface area (Å²) in [7, 11) is -3.43. The monoisotopic (exact) mass is 539 g/mol. The number of benzene rings is 2. The first-order valence-electron chi connectivity index (χ1n) is 12.0. The SMILES string of the molecule is O=C(NCCOc1ccc(S(=O)(=O)N2CCCC2)cc1)C1CCN(Cc2c(Cl)cccc2Cl)CC1. The molecule has 10 heteroatoms. The quantitative estimate of drug-likeness (QED) is 0.483. The fraction of sp³-hybridized carbons (Fsp3) is 0.480. The Labute approximate surface area is 217 Å². The summed E-state index contributed by atoms with van der Waals surface area (Å²) >= 11 is 12.6. The number of ether oxygens (including phenoxy) is 1. The first kappa shape index (κ1) is 26.2. The summed E-state index contributed by atoms with van der Waals surface area (Å²) in [6.07, 6.45) is 3.37. The first-order chi connectivity index (χ1) is 16.8. The van der Waals surface area contributed by atoms with E-state index in [2.05, 4.69) is 10.2 Å². The second-order valence-electron chi connectivity index (χ2n) is 8.97. The molecule has 2 heterocycles. The fourth-order valence-corrected chi connectivity index (χ4v) is 6.57. The highest BCUT2D eigenvalue weighted by molar-refractivity contribution is 7.89. The van der Waals surface area contributed by atoms with Crippen LogP contribution in [0.15, 0.2) is 47.4 Å². The number of carbonyl (C=O) groups is 1. The number of likely N-dealkylation sites (tertiary alicyclic amines) is 1. The van der Waals surface area contributed by atoms with Crippen LogP contribution in [0.2, 0.25) is 10.0 Å². The van der Waals surface area contributed by atoms with Gasteiger partial charge < -0.3 is 10.1 Å². The Balaban J connectivity index is 1.16. The summed E-state index contributed by atoms with van der Waals surface area (Å²) in [4.78, 5) is 15.1. The largest absolute Gasteiger partial charge is 0.492 e. The molecule has 2 aliphatic rings. The molecule has 4 rings (SSSR count). The lowest BCUT2D eigenvalue weighted by Crippen LogP contribution is -2.41. The molecule has 0 atom stereocenters. The van der Waals surface area contributed by atoms with Crippen molar-refractivity contribution in [1.29, 1.82) is 0 Å². The average Bonchev–Trinajstić information content (AvgIpc) is 3.41. The zero-order valence-corrected chi connectivity index (χ0v) is 21.9. The zero-order chi connectivity index (χ0) is 24.8. The summed E-state index contributed by atoms with van der Waals surface area (Å²) < 4.78 is 32.4. The lowest BCUT2D eigenvalue weighted by atomic mass is 9.95. The molecule has 2 saturated heterocycles. The number of hydrogen-bond acceptors (Lipinski definition) is 5. The van der Waals surface area contributed by atoms with Gasteiger partial charge in [-0.3, -0.25) is 9.69 Å². The van der Waals surface area contributed by atoms with Crippen LogP contribution >= 0.6 is 23.2 Å². The van der Waals surface area contributed by atoms with Crippen LogP contribution in [0.25, 0.3) is 0 Å². The number of amides is 1. The maximum absolute atomic E-state index is 12.6. The van der Waals surface area contributed by atoms with Gasteiger partial charge in [0, 0.05) is 41.2 Å². The summed E-state index contributed by atoms with van der Waals surface area (Å²) in [6.45, 7) is 4.16. The van der Waals surface area contributed by atoms with E-state index in [9.17, 15) is 13.2 Å². The Morgan fingerprint density at radius 2 is 1.60 bits per heavy atom. The molecule has 2 aliphatic heterocycles. The molecule has 190 valence electrons. The minimum Gasteiger partial charge on any atom is -0.492 e. The van der Waals surface area contributed by atoms with Gasteiger partial charge in [0.15, 0.2) is 0 Å². The predicted octanol–water partition coefficient (Wildman–Crippen LogP) is 4.19. The molecule has 1 N–H and O–H groups in total. The summed E-state index contributed by atoms with van der Waals surface area (Å²) in [6, 6.07) is 12.0. The molecule has 0 spiro atoms. The van der Waals surface area contributed by atoms with Crippen molar-refractivity contribution < 1.29 is 17.9 Å². The molecule has 0 saturated carbocycles. The Morgan fingerprint density at radius 3 is 2.23 bits per heavy atom. The van der Waals surface area contributed by atoms with Crippen molar-refractivity contribution in [3.8, 4) is 5.75 Å². The number of halogens is 2. The summed E-state index contributed by atoms with van der Waals surface area (Å²) in [5.74, 6) is 0.588. The molecule has 1 amide bonds. The van der Waals surface area contributed by atoms with Crippen LogP contribution in [0, 0.1) is 5.92 Å². The molecule has 0 aromatic heterocycles. The van der Waals surface area contributed by atoms with Gasteiger partial charge in [0.25, 0.3) is 0 Å². The summed E-state index contributed by atoms with van der Waals surface area (Å²) in [5.41, 5.74) is 0.928. The highest BCUT2D eigenvalue weighted by Gasteiger charge is 2.27. The van der Waals surface area contributed by atoms with Gasteiger partial charge in [-0.2, -0.15) is 4.31 Å². The second-order valence-corrected chi connectivity index (χ2v) is 11.7. The van der Waals surface area contributed by atoms with Gasteiger partial charge >= 0.3 is 0 Å². The van der Waals surface area contributed by atoms with E-state index in [0.717, 1.165) is 44.3 Å². The average molecular weight is 541 g/mol. The topological polar surface area (TPSA) is 78.9 Å². The highest BCUT2D eigenvalue weighted by Crippen LogP contribution is 2.28. The molecule has 0 radical (unpaired) electrons. The van der Waals surface area contributed by atoms with Crippen molar-refractivity contribution in [3.63, 3.8) is 0 Å². The van der Waals surface area contributed by atoms with E-state index in [0.29, 0.717) is 48.6 Å². The summed E-state index contributed by atoms with van der Waals surface area (Å²) in [5, 5.41) is 4.28. The maximum Gasteiger partial charge on any atom is 0.243 e. The van der Waals surface area contributed by atoms with Gasteiger partial charge in [0.1, 0.15) is 12.4 Å². The molecular formula is C25H31Cl2N3O4S.